The van der Waals surface area contributed by atoms with E-state index < -0.39 is 0 Å². The molecule has 0 spiro atoms. The number of amidine groups is 1. The predicted molar refractivity (Wildman–Crippen MR) is 100 cm³/mol. The second-order valence-electron chi connectivity index (χ2n) is 5.62. The number of nitrogens with zero attached hydrogens (tertiary/aromatic N) is 1. The summed E-state index contributed by atoms with van der Waals surface area (Å²) >= 11 is 1.77. The number of ether oxygens (including phenoxy) is 2. The van der Waals surface area contributed by atoms with Gasteiger partial charge in [0.1, 0.15) is 23.4 Å². The van der Waals surface area contributed by atoms with Gasteiger partial charge in [-0.2, -0.15) is 11.8 Å². The van der Waals surface area contributed by atoms with Crippen molar-refractivity contribution in [1.82, 2.24) is 5.32 Å². The van der Waals surface area contributed by atoms with E-state index in [0.29, 0.717) is 0 Å². The molecule has 0 radical (unpaired) electrons. The molecule has 24 heavy (non-hydrogen) atoms. The Bertz CT molecular complexity index is 698. The predicted octanol–water partition coefficient (Wildman–Crippen LogP) is 3.85. The number of rotatable bonds is 6. The average Bonchev–Trinajstić information content (AvgIpc) is 3.06. The first kappa shape index (κ1) is 16.7. The summed E-state index contributed by atoms with van der Waals surface area (Å²) in [5.74, 6) is 3.66. The van der Waals surface area contributed by atoms with E-state index in [0.717, 1.165) is 23.1 Å². The normalized spacial score (nSPS) is 19.5. The van der Waals surface area contributed by atoms with Crippen LogP contribution in [-0.4, -0.2) is 32.1 Å². The van der Waals surface area contributed by atoms with Crippen LogP contribution in [0.3, 0.4) is 0 Å². The number of nitrogens with one attached hydrogen (secondary N) is 1. The van der Waals surface area contributed by atoms with Gasteiger partial charge in [-0.25, -0.2) is 0 Å². The van der Waals surface area contributed by atoms with Gasteiger partial charge in [-0.05, 0) is 41.6 Å². The lowest BCUT2D eigenvalue weighted by atomic mass is 9.95. The summed E-state index contributed by atoms with van der Waals surface area (Å²) in [6.45, 7) is 0. The lowest BCUT2D eigenvalue weighted by Gasteiger charge is -2.20. The summed E-state index contributed by atoms with van der Waals surface area (Å²) in [7, 11) is 3.36. The monoisotopic (exact) mass is 342 g/mol. The van der Waals surface area contributed by atoms with E-state index in [2.05, 4.69) is 35.8 Å². The van der Waals surface area contributed by atoms with Crippen molar-refractivity contribution in [3.63, 3.8) is 0 Å². The molecule has 5 heteroatoms. The maximum Gasteiger partial charge on any atom is 0.118 e. The first-order chi connectivity index (χ1) is 11.7. The van der Waals surface area contributed by atoms with Crippen LogP contribution in [-0.2, 0) is 0 Å². The molecule has 2 aromatic rings. The summed E-state index contributed by atoms with van der Waals surface area (Å²) < 4.78 is 10.5. The van der Waals surface area contributed by atoms with Crippen molar-refractivity contribution in [3.05, 3.63) is 59.7 Å². The summed E-state index contributed by atoms with van der Waals surface area (Å²) in [5.41, 5.74) is 2.39. The number of aliphatic imine (C=N–C) groups is 1. The highest BCUT2D eigenvalue weighted by Crippen LogP contribution is 2.37. The minimum atomic E-state index is 0.0615. The van der Waals surface area contributed by atoms with Gasteiger partial charge >= 0.3 is 0 Å². The molecule has 3 rings (SSSR count). The Hall–Kier alpha value is -2.14. The van der Waals surface area contributed by atoms with E-state index in [1.165, 1.54) is 11.1 Å². The molecule has 1 N–H and O–H groups in total. The molecular formula is C19H22N2O2S. The Balaban J connectivity index is 1.90. The summed E-state index contributed by atoms with van der Waals surface area (Å²) in [4.78, 5) is 4.92. The van der Waals surface area contributed by atoms with Crippen LogP contribution < -0.4 is 14.8 Å². The minimum absolute atomic E-state index is 0.0615. The number of hydrogen-bond donors (Lipinski definition) is 1. The molecule has 0 aliphatic carbocycles. The molecule has 0 aromatic heterocycles. The molecule has 2 atom stereocenters. The van der Waals surface area contributed by atoms with Crippen LogP contribution in [0, 0.1) is 0 Å². The van der Waals surface area contributed by atoms with Gasteiger partial charge in [0.25, 0.3) is 0 Å². The Morgan fingerprint density at radius 2 is 1.46 bits per heavy atom. The quantitative estimate of drug-likeness (QED) is 0.866. The zero-order valence-electron chi connectivity index (χ0n) is 14.2. The van der Waals surface area contributed by atoms with E-state index in [1.54, 1.807) is 26.0 Å². The first-order valence-electron chi connectivity index (χ1n) is 7.85. The molecule has 0 fully saturated rings. The first-order valence-corrected chi connectivity index (χ1v) is 9.24. The zero-order chi connectivity index (χ0) is 16.9. The zero-order valence-corrected chi connectivity index (χ0v) is 15.0. The fourth-order valence-corrected chi connectivity index (χ4v) is 3.33. The summed E-state index contributed by atoms with van der Waals surface area (Å²) in [5, 5.41) is 3.58. The molecule has 2 aromatic carbocycles. The highest BCUT2D eigenvalue weighted by atomic mass is 32.2. The standard InChI is InChI=1S/C19H22N2O2S/c1-22-15-8-4-13(5-9-15)18-19(21-17(20-18)12-24-3)14-6-10-16(23-2)11-7-14/h4-11,18-19H,12H2,1-3H3,(H,20,21)/t18-,19-/m1/s1. The van der Waals surface area contributed by atoms with Crippen LogP contribution in [0.2, 0.25) is 0 Å². The average molecular weight is 342 g/mol. The van der Waals surface area contributed by atoms with Gasteiger partial charge in [0.05, 0.1) is 26.0 Å². The van der Waals surface area contributed by atoms with E-state index in [9.17, 15) is 0 Å². The van der Waals surface area contributed by atoms with Crippen LogP contribution >= 0.6 is 11.8 Å². The maximum absolute atomic E-state index is 5.26. The van der Waals surface area contributed by atoms with E-state index in [1.807, 2.05) is 24.3 Å². The van der Waals surface area contributed by atoms with Crippen molar-refractivity contribution in [1.29, 1.82) is 0 Å². The lowest BCUT2D eigenvalue weighted by molar-refractivity contribution is 0.414. The smallest absolute Gasteiger partial charge is 0.118 e. The summed E-state index contributed by atoms with van der Waals surface area (Å²) in [6, 6.07) is 16.5. The van der Waals surface area contributed by atoms with Crippen molar-refractivity contribution in [2.45, 2.75) is 12.1 Å². The Morgan fingerprint density at radius 1 is 0.917 bits per heavy atom. The van der Waals surface area contributed by atoms with Gasteiger partial charge in [0.2, 0.25) is 0 Å². The van der Waals surface area contributed by atoms with Crippen molar-refractivity contribution in [2.75, 3.05) is 26.2 Å². The van der Waals surface area contributed by atoms with Crippen LogP contribution in [0.15, 0.2) is 53.5 Å². The van der Waals surface area contributed by atoms with Crippen molar-refractivity contribution in [3.8, 4) is 11.5 Å². The van der Waals surface area contributed by atoms with E-state index >= 15 is 0 Å². The molecule has 126 valence electrons. The second-order valence-corrected chi connectivity index (χ2v) is 6.49. The van der Waals surface area contributed by atoms with Gasteiger partial charge in [-0.15, -0.1) is 0 Å². The molecule has 0 unspecified atom stereocenters. The van der Waals surface area contributed by atoms with Crippen molar-refractivity contribution < 1.29 is 9.47 Å². The molecule has 4 nitrogen and oxygen atoms in total. The molecule has 1 aliphatic heterocycles. The number of thioether (sulfide) groups is 1. The topological polar surface area (TPSA) is 42.8 Å². The minimum Gasteiger partial charge on any atom is -0.497 e. The number of methoxy groups -OCH3 is 2. The number of benzene rings is 2. The largest absolute Gasteiger partial charge is 0.497 e. The Labute approximate surface area is 147 Å². The third kappa shape index (κ3) is 3.51. The van der Waals surface area contributed by atoms with Crippen LogP contribution in [0.25, 0.3) is 0 Å². The lowest BCUT2D eigenvalue weighted by Crippen LogP contribution is -2.25. The third-order valence-electron chi connectivity index (χ3n) is 4.15. The molecular weight excluding hydrogens is 320 g/mol. The van der Waals surface area contributed by atoms with Gasteiger partial charge in [0, 0.05) is 0 Å². The summed E-state index contributed by atoms with van der Waals surface area (Å²) in [6.07, 6.45) is 2.09. The van der Waals surface area contributed by atoms with Gasteiger partial charge in [0.15, 0.2) is 0 Å². The van der Waals surface area contributed by atoms with Crippen LogP contribution in [0.5, 0.6) is 11.5 Å². The Kier molecular flexibility index (Phi) is 5.30. The van der Waals surface area contributed by atoms with Gasteiger partial charge < -0.3 is 14.8 Å². The molecule has 1 aliphatic rings. The highest BCUT2D eigenvalue weighted by molar-refractivity contribution is 7.99. The molecule has 0 bridgehead atoms. The highest BCUT2D eigenvalue weighted by Gasteiger charge is 2.30. The van der Waals surface area contributed by atoms with Crippen LogP contribution in [0.4, 0.5) is 0 Å². The van der Waals surface area contributed by atoms with Crippen molar-refractivity contribution in [2.24, 2.45) is 4.99 Å². The number of hydrogen-bond acceptors (Lipinski definition) is 5. The molecule has 0 saturated carbocycles. The van der Waals surface area contributed by atoms with E-state index in [-0.39, 0.29) is 12.1 Å². The SMILES string of the molecule is COc1ccc([C@H]2N=C(CSC)N[C@@H]2c2ccc(OC)cc2)cc1. The molecule has 0 saturated heterocycles. The van der Waals surface area contributed by atoms with Gasteiger partial charge in [-0.3, -0.25) is 4.99 Å². The van der Waals surface area contributed by atoms with Crippen molar-refractivity contribution >= 4 is 17.6 Å². The fourth-order valence-electron chi connectivity index (χ4n) is 2.90. The fraction of sp³-hybridized carbons (Fsp3) is 0.316. The van der Waals surface area contributed by atoms with Crippen LogP contribution in [0.1, 0.15) is 23.2 Å². The van der Waals surface area contributed by atoms with Gasteiger partial charge in [-0.1, -0.05) is 24.3 Å². The second kappa shape index (κ2) is 7.62. The maximum atomic E-state index is 5.26. The van der Waals surface area contributed by atoms with E-state index in [4.69, 9.17) is 14.5 Å². The molecule has 0 amide bonds. The Morgan fingerprint density at radius 3 is 1.96 bits per heavy atom. The third-order valence-corrected chi connectivity index (χ3v) is 4.71. The molecule has 1 heterocycles.